The lowest BCUT2D eigenvalue weighted by Crippen LogP contribution is -2.40. The van der Waals surface area contributed by atoms with Crippen LogP contribution in [0.4, 0.5) is 0 Å². The van der Waals surface area contributed by atoms with E-state index in [2.05, 4.69) is 5.92 Å². The average Bonchev–Trinajstić information content (AvgIpc) is 2.27. The van der Waals surface area contributed by atoms with Gasteiger partial charge in [0.1, 0.15) is 0 Å². The van der Waals surface area contributed by atoms with Gasteiger partial charge in [0.15, 0.2) is 6.10 Å². The van der Waals surface area contributed by atoms with Crippen LogP contribution in [0.3, 0.4) is 0 Å². The van der Waals surface area contributed by atoms with Gasteiger partial charge in [0.2, 0.25) is 0 Å². The highest BCUT2D eigenvalue weighted by Crippen LogP contribution is 2.29. The number of rotatable bonds is 3. The lowest BCUT2D eigenvalue weighted by molar-refractivity contribution is -0.150. The smallest absolute Gasteiger partial charge is 0.333 e. The standard InChI is InChI=1S/C13H14O3/c1-4-9-7-5-6-8-10(9)13(2,3)11(14)12(15)16/h1,5-8,11,14H,2-3H3,(H,15,16). The van der Waals surface area contributed by atoms with Gasteiger partial charge in [0.25, 0.3) is 0 Å². The molecule has 1 rings (SSSR count). The summed E-state index contributed by atoms with van der Waals surface area (Å²) in [6.07, 6.45) is 3.86. The van der Waals surface area contributed by atoms with Crippen LogP contribution in [0.15, 0.2) is 24.3 Å². The Morgan fingerprint density at radius 2 is 2.00 bits per heavy atom. The first-order valence-corrected chi connectivity index (χ1v) is 4.88. The number of aliphatic carboxylic acids is 1. The van der Waals surface area contributed by atoms with Gasteiger partial charge in [-0.3, -0.25) is 0 Å². The number of hydrogen-bond donors (Lipinski definition) is 2. The summed E-state index contributed by atoms with van der Waals surface area (Å²) >= 11 is 0. The molecule has 16 heavy (non-hydrogen) atoms. The molecule has 0 aliphatic rings. The van der Waals surface area contributed by atoms with E-state index in [4.69, 9.17) is 11.5 Å². The number of carbonyl (C=O) groups is 1. The highest BCUT2D eigenvalue weighted by molar-refractivity contribution is 5.74. The molecule has 0 aliphatic carbocycles. The lowest BCUT2D eigenvalue weighted by atomic mass is 9.77. The van der Waals surface area contributed by atoms with E-state index in [0.717, 1.165) is 0 Å². The number of aliphatic hydroxyl groups is 1. The van der Waals surface area contributed by atoms with E-state index in [-0.39, 0.29) is 0 Å². The van der Waals surface area contributed by atoms with Crippen LogP contribution in [0.1, 0.15) is 25.0 Å². The molecular weight excluding hydrogens is 204 g/mol. The third kappa shape index (κ3) is 2.07. The molecule has 0 spiro atoms. The van der Waals surface area contributed by atoms with E-state index in [1.54, 1.807) is 38.1 Å². The Bertz CT molecular complexity index is 441. The van der Waals surface area contributed by atoms with Gasteiger partial charge in [-0.05, 0) is 11.6 Å². The normalized spacial score (nSPS) is 12.9. The summed E-state index contributed by atoms with van der Waals surface area (Å²) in [5.74, 6) is 1.24. The van der Waals surface area contributed by atoms with Gasteiger partial charge in [-0.15, -0.1) is 6.42 Å². The maximum Gasteiger partial charge on any atom is 0.333 e. The van der Waals surface area contributed by atoms with Crippen molar-refractivity contribution in [2.45, 2.75) is 25.4 Å². The first-order chi connectivity index (χ1) is 7.41. The van der Waals surface area contributed by atoms with E-state index in [1.165, 1.54) is 0 Å². The van der Waals surface area contributed by atoms with Gasteiger partial charge in [-0.1, -0.05) is 38.0 Å². The summed E-state index contributed by atoms with van der Waals surface area (Å²) in [7, 11) is 0. The summed E-state index contributed by atoms with van der Waals surface area (Å²) in [6, 6.07) is 7.02. The van der Waals surface area contributed by atoms with Crippen LogP contribution in [0.25, 0.3) is 0 Å². The molecule has 0 aliphatic heterocycles. The van der Waals surface area contributed by atoms with Crippen LogP contribution < -0.4 is 0 Å². The van der Waals surface area contributed by atoms with Crippen LogP contribution in [-0.4, -0.2) is 22.3 Å². The van der Waals surface area contributed by atoms with Crippen molar-refractivity contribution in [3.05, 3.63) is 35.4 Å². The number of hydrogen-bond acceptors (Lipinski definition) is 2. The molecule has 0 radical (unpaired) electrons. The van der Waals surface area contributed by atoms with Gasteiger partial charge >= 0.3 is 5.97 Å². The van der Waals surface area contributed by atoms with Crippen LogP contribution in [-0.2, 0) is 10.2 Å². The predicted molar refractivity (Wildman–Crippen MR) is 61.0 cm³/mol. The van der Waals surface area contributed by atoms with E-state index < -0.39 is 17.5 Å². The molecule has 3 nitrogen and oxygen atoms in total. The average molecular weight is 218 g/mol. The molecule has 0 heterocycles. The van der Waals surface area contributed by atoms with E-state index in [9.17, 15) is 9.90 Å². The van der Waals surface area contributed by atoms with Crippen LogP contribution in [0, 0.1) is 12.3 Å². The molecule has 1 aromatic rings. The molecule has 1 aromatic carbocycles. The quantitative estimate of drug-likeness (QED) is 0.754. The second-order valence-corrected chi connectivity index (χ2v) is 4.15. The monoisotopic (exact) mass is 218 g/mol. The number of aliphatic hydroxyl groups excluding tert-OH is 1. The minimum Gasteiger partial charge on any atom is -0.479 e. The Kier molecular flexibility index (Phi) is 3.36. The SMILES string of the molecule is C#Cc1ccccc1C(C)(C)C(O)C(=O)O. The van der Waals surface area contributed by atoms with Gasteiger partial charge in [-0.25, -0.2) is 4.79 Å². The number of carboxylic acids is 1. The second kappa shape index (κ2) is 4.38. The van der Waals surface area contributed by atoms with Gasteiger partial charge in [-0.2, -0.15) is 0 Å². The molecule has 0 saturated carbocycles. The summed E-state index contributed by atoms with van der Waals surface area (Å²) in [6.45, 7) is 3.31. The fourth-order valence-electron chi connectivity index (χ4n) is 1.63. The van der Waals surface area contributed by atoms with Crippen molar-refractivity contribution in [3.63, 3.8) is 0 Å². The van der Waals surface area contributed by atoms with Gasteiger partial charge in [0.05, 0.1) is 0 Å². The molecule has 0 bridgehead atoms. The predicted octanol–water partition coefficient (Wildman–Crippen LogP) is 1.39. The third-order valence-electron chi connectivity index (χ3n) is 2.69. The van der Waals surface area contributed by atoms with Gasteiger partial charge in [0, 0.05) is 11.0 Å². The summed E-state index contributed by atoms with van der Waals surface area (Å²) in [5.41, 5.74) is 0.342. The Balaban J connectivity index is 3.27. The van der Waals surface area contributed by atoms with Crippen molar-refractivity contribution in [2.75, 3.05) is 0 Å². The minimum absolute atomic E-state index is 0.604. The zero-order chi connectivity index (χ0) is 12.3. The summed E-state index contributed by atoms with van der Waals surface area (Å²) < 4.78 is 0. The van der Waals surface area contributed by atoms with E-state index in [1.807, 2.05) is 0 Å². The first kappa shape index (κ1) is 12.3. The Labute approximate surface area is 94.7 Å². The molecule has 0 aromatic heterocycles. The summed E-state index contributed by atoms with van der Waals surface area (Å²) in [4.78, 5) is 10.8. The molecule has 3 heteroatoms. The van der Waals surface area contributed by atoms with Crippen molar-refractivity contribution < 1.29 is 15.0 Å². The van der Waals surface area contributed by atoms with Crippen molar-refractivity contribution in [3.8, 4) is 12.3 Å². The summed E-state index contributed by atoms with van der Waals surface area (Å²) in [5, 5.41) is 18.5. The van der Waals surface area contributed by atoms with Crippen LogP contribution in [0.2, 0.25) is 0 Å². The number of terminal acetylenes is 1. The Morgan fingerprint density at radius 3 is 2.50 bits per heavy atom. The van der Waals surface area contributed by atoms with Gasteiger partial charge < -0.3 is 10.2 Å². The highest BCUT2D eigenvalue weighted by Gasteiger charge is 2.36. The Hall–Kier alpha value is -1.79. The molecule has 0 amide bonds. The third-order valence-corrected chi connectivity index (χ3v) is 2.69. The molecule has 0 saturated heterocycles. The van der Waals surface area contributed by atoms with Crippen molar-refractivity contribution in [1.29, 1.82) is 0 Å². The van der Waals surface area contributed by atoms with Crippen LogP contribution in [0.5, 0.6) is 0 Å². The van der Waals surface area contributed by atoms with E-state index >= 15 is 0 Å². The molecule has 1 unspecified atom stereocenters. The fourth-order valence-corrected chi connectivity index (χ4v) is 1.63. The maximum atomic E-state index is 10.8. The zero-order valence-corrected chi connectivity index (χ0v) is 9.27. The molecular formula is C13H14O3. The first-order valence-electron chi connectivity index (χ1n) is 4.88. The minimum atomic E-state index is -1.48. The molecule has 84 valence electrons. The molecule has 0 fully saturated rings. The molecule has 2 N–H and O–H groups in total. The maximum absolute atomic E-state index is 10.8. The topological polar surface area (TPSA) is 57.5 Å². The molecule has 1 atom stereocenters. The van der Waals surface area contributed by atoms with Crippen molar-refractivity contribution in [2.24, 2.45) is 0 Å². The Morgan fingerprint density at radius 1 is 1.44 bits per heavy atom. The van der Waals surface area contributed by atoms with Crippen LogP contribution >= 0.6 is 0 Å². The fraction of sp³-hybridized carbons (Fsp3) is 0.308. The number of carboxylic acid groups (broad SMARTS) is 1. The number of benzene rings is 1. The van der Waals surface area contributed by atoms with Crippen molar-refractivity contribution in [1.82, 2.24) is 0 Å². The largest absolute Gasteiger partial charge is 0.479 e. The lowest BCUT2D eigenvalue weighted by Gasteiger charge is -2.29. The van der Waals surface area contributed by atoms with Crippen molar-refractivity contribution >= 4 is 5.97 Å². The van der Waals surface area contributed by atoms with E-state index in [0.29, 0.717) is 11.1 Å². The zero-order valence-electron chi connectivity index (χ0n) is 9.27. The highest BCUT2D eigenvalue weighted by atomic mass is 16.4. The second-order valence-electron chi connectivity index (χ2n) is 4.15.